The van der Waals surface area contributed by atoms with Crippen LogP contribution < -0.4 is 5.32 Å². The lowest BCUT2D eigenvalue weighted by Crippen LogP contribution is -2.37. The highest BCUT2D eigenvalue weighted by molar-refractivity contribution is 5.94. The number of rotatable bonds is 4. The van der Waals surface area contributed by atoms with Gasteiger partial charge < -0.3 is 14.6 Å². The van der Waals surface area contributed by atoms with Crippen molar-refractivity contribution in [1.29, 1.82) is 0 Å². The van der Waals surface area contributed by atoms with E-state index in [-0.39, 0.29) is 17.9 Å². The molecule has 0 radical (unpaired) electrons. The summed E-state index contributed by atoms with van der Waals surface area (Å²) in [7, 11) is 1.94. The van der Waals surface area contributed by atoms with Gasteiger partial charge in [0.15, 0.2) is 0 Å². The molecule has 7 heteroatoms. The summed E-state index contributed by atoms with van der Waals surface area (Å²) >= 11 is 0. The maximum atomic E-state index is 12.9. The summed E-state index contributed by atoms with van der Waals surface area (Å²) in [6.45, 7) is 1.41. The fourth-order valence-corrected chi connectivity index (χ4v) is 3.40. The number of hydrogen-bond acceptors (Lipinski definition) is 5. The zero-order valence-corrected chi connectivity index (χ0v) is 14.6. The number of fused-ring (bicyclic) bond motifs is 1. The average Bonchev–Trinajstić information content (AvgIpc) is 3.12. The quantitative estimate of drug-likeness (QED) is 0.780. The second-order valence-electron chi connectivity index (χ2n) is 6.54. The Balaban J connectivity index is 1.61. The molecule has 1 fully saturated rings. The number of hydrogen-bond donors (Lipinski definition) is 1. The van der Waals surface area contributed by atoms with Crippen LogP contribution in [-0.2, 0) is 11.8 Å². The normalized spacial score (nSPS) is 16.5. The van der Waals surface area contributed by atoms with Crippen molar-refractivity contribution >= 4 is 16.9 Å². The number of carbonyl (C=O) groups is 1. The summed E-state index contributed by atoms with van der Waals surface area (Å²) in [5.41, 5.74) is 1.80. The number of aromatic nitrogens is 4. The molecule has 0 saturated carbocycles. The number of carbonyl (C=O) groups excluding carboxylic acids is 1. The Morgan fingerprint density at radius 1 is 1.23 bits per heavy atom. The van der Waals surface area contributed by atoms with Crippen molar-refractivity contribution < 1.29 is 9.53 Å². The monoisotopic (exact) mass is 351 g/mol. The second-order valence-corrected chi connectivity index (χ2v) is 6.54. The summed E-state index contributed by atoms with van der Waals surface area (Å²) in [6, 6.07) is 7.34. The van der Waals surface area contributed by atoms with Gasteiger partial charge in [-0.1, -0.05) is 12.1 Å². The summed E-state index contributed by atoms with van der Waals surface area (Å²) < 4.78 is 7.42. The van der Waals surface area contributed by atoms with E-state index in [9.17, 15) is 4.79 Å². The van der Waals surface area contributed by atoms with E-state index in [1.165, 1.54) is 6.20 Å². The van der Waals surface area contributed by atoms with Crippen LogP contribution in [0.25, 0.3) is 11.0 Å². The van der Waals surface area contributed by atoms with Crippen LogP contribution in [0.2, 0.25) is 0 Å². The molecule has 1 amide bonds. The Morgan fingerprint density at radius 3 is 2.73 bits per heavy atom. The molecule has 1 aliphatic rings. The topological polar surface area (TPSA) is 81.9 Å². The van der Waals surface area contributed by atoms with Crippen molar-refractivity contribution in [3.05, 3.63) is 54.4 Å². The lowest BCUT2D eigenvalue weighted by molar-refractivity contribution is 0.0498. The van der Waals surface area contributed by atoms with E-state index in [4.69, 9.17) is 4.74 Å². The van der Waals surface area contributed by atoms with Crippen LogP contribution in [0, 0.1) is 5.92 Å². The van der Waals surface area contributed by atoms with Crippen LogP contribution in [0.15, 0.2) is 42.9 Å². The number of aryl methyl sites for hydroxylation is 1. The Labute approximate surface area is 151 Å². The smallest absolute Gasteiger partial charge is 0.272 e. The van der Waals surface area contributed by atoms with Gasteiger partial charge in [-0.25, -0.2) is 9.97 Å². The van der Waals surface area contributed by atoms with E-state index in [1.807, 2.05) is 42.1 Å². The predicted molar refractivity (Wildman–Crippen MR) is 96.5 cm³/mol. The molecule has 2 aromatic heterocycles. The van der Waals surface area contributed by atoms with Crippen molar-refractivity contribution in [3.8, 4) is 0 Å². The Bertz CT molecular complexity index is 917. The second kappa shape index (κ2) is 7.21. The summed E-state index contributed by atoms with van der Waals surface area (Å²) in [4.78, 5) is 26.1. The number of nitrogens with one attached hydrogen (secondary N) is 1. The minimum atomic E-state index is -0.234. The first kappa shape index (κ1) is 16.7. The van der Waals surface area contributed by atoms with Gasteiger partial charge in [-0.3, -0.25) is 9.78 Å². The largest absolute Gasteiger partial charge is 0.381 e. The van der Waals surface area contributed by atoms with Gasteiger partial charge in [0, 0.05) is 32.7 Å². The van der Waals surface area contributed by atoms with Crippen molar-refractivity contribution in [2.24, 2.45) is 13.0 Å². The Kier molecular flexibility index (Phi) is 4.62. The fraction of sp³-hybridized carbons (Fsp3) is 0.368. The van der Waals surface area contributed by atoms with Gasteiger partial charge in [0.05, 0.1) is 23.3 Å². The van der Waals surface area contributed by atoms with Crippen LogP contribution in [0.1, 0.15) is 35.2 Å². The van der Waals surface area contributed by atoms with Gasteiger partial charge >= 0.3 is 0 Å². The third kappa shape index (κ3) is 3.30. The van der Waals surface area contributed by atoms with Gasteiger partial charge in [-0.05, 0) is 30.9 Å². The molecule has 3 heterocycles. The van der Waals surface area contributed by atoms with E-state index in [0.29, 0.717) is 24.4 Å². The molecule has 0 spiro atoms. The molecule has 0 aliphatic carbocycles. The Hall–Kier alpha value is -2.80. The Morgan fingerprint density at radius 2 is 2.00 bits per heavy atom. The first-order chi connectivity index (χ1) is 12.7. The van der Waals surface area contributed by atoms with Crippen LogP contribution in [0.4, 0.5) is 0 Å². The summed E-state index contributed by atoms with van der Waals surface area (Å²) in [6.07, 6.45) is 6.95. The summed E-state index contributed by atoms with van der Waals surface area (Å²) in [5.74, 6) is 0.893. The minimum Gasteiger partial charge on any atom is -0.381 e. The van der Waals surface area contributed by atoms with Crippen LogP contribution in [-0.4, -0.2) is 38.6 Å². The van der Waals surface area contributed by atoms with Gasteiger partial charge in [-0.15, -0.1) is 0 Å². The fourth-order valence-electron chi connectivity index (χ4n) is 3.40. The molecule has 1 aliphatic heterocycles. The van der Waals surface area contributed by atoms with Gasteiger partial charge in [0.25, 0.3) is 5.91 Å². The zero-order chi connectivity index (χ0) is 17.9. The molecule has 1 unspecified atom stereocenters. The highest BCUT2D eigenvalue weighted by Crippen LogP contribution is 2.29. The van der Waals surface area contributed by atoms with E-state index in [2.05, 4.69) is 20.3 Å². The first-order valence-electron chi connectivity index (χ1n) is 8.80. The number of amides is 1. The molecule has 4 rings (SSSR count). The molecule has 26 heavy (non-hydrogen) atoms. The standard InChI is InChI=1S/C19H21N5O2/c1-24-9-8-20-18(24)17(13-6-10-26-11-7-13)23-19(25)16-12-21-14-4-2-3-5-15(14)22-16/h2-5,8-9,12-13,17H,6-7,10-11H2,1H3,(H,23,25). The summed E-state index contributed by atoms with van der Waals surface area (Å²) in [5, 5.41) is 3.13. The van der Waals surface area contributed by atoms with Crippen LogP contribution >= 0.6 is 0 Å². The average molecular weight is 351 g/mol. The molecule has 3 aromatic rings. The van der Waals surface area contributed by atoms with Crippen LogP contribution in [0.3, 0.4) is 0 Å². The number of nitrogens with zero attached hydrogens (tertiary/aromatic N) is 4. The third-order valence-corrected chi connectivity index (χ3v) is 4.84. The van der Waals surface area contributed by atoms with E-state index < -0.39 is 0 Å². The highest BCUT2D eigenvalue weighted by Gasteiger charge is 2.30. The molecular weight excluding hydrogens is 330 g/mol. The van der Waals surface area contributed by atoms with E-state index in [1.54, 1.807) is 6.20 Å². The van der Waals surface area contributed by atoms with Crippen LogP contribution in [0.5, 0.6) is 0 Å². The van der Waals surface area contributed by atoms with Crippen molar-refractivity contribution in [1.82, 2.24) is 24.8 Å². The van der Waals surface area contributed by atoms with Gasteiger partial charge in [0.1, 0.15) is 11.5 Å². The molecule has 1 N–H and O–H groups in total. The molecule has 1 aromatic carbocycles. The van der Waals surface area contributed by atoms with Crippen molar-refractivity contribution in [3.63, 3.8) is 0 Å². The molecule has 0 bridgehead atoms. The molecule has 134 valence electrons. The van der Waals surface area contributed by atoms with Gasteiger partial charge in [0.2, 0.25) is 0 Å². The van der Waals surface area contributed by atoms with Crippen molar-refractivity contribution in [2.45, 2.75) is 18.9 Å². The lowest BCUT2D eigenvalue weighted by Gasteiger charge is -2.30. The maximum absolute atomic E-state index is 12.9. The molecule has 7 nitrogen and oxygen atoms in total. The zero-order valence-electron chi connectivity index (χ0n) is 14.6. The number of para-hydroxylation sites is 2. The number of ether oxygens (including phenoxy) is 1. The number of benzene rings is 1. The number of imidazole rings is 1. The van der Waals surface area contributed by atoms with E-state index in [0.717, 1.165) is 24.2 Å². The highest BCUT2D eigenvalue weighted by atomic mass is 16.5. The third-order valence-electron chi connectivity index (χ3n) is 4.84. The van der Waals surface area contributed by atoms with Crippen molar-refractivity contribution in [2.75, 3.05) is 13.2 Å². The SMILES string of the molecule is Cn1ccnc1C(NC(=O)c1cnc2ccccc2n1)C1CCOCC1. The first-order valence-corrected chi connectivity index (χ1v) is 8.80. The minimum absolute atomic E-state index is 0.181. The van der Waals surface area contributed by atoms with E-state index >= 15 is 0 Å². The molecule has 1 atom stereocenters. The predicted octanol–water partition coefficient (Wildman–Crippen LogP) is 2.26. The van der Waals surface area contributed by atoms with Gasteiger partial charge in [-0.2, -0.15) is 0 Å². The molecule has 1 saturated heterocycles. The molecular formula is C19H21N5O2. The maximum Gasteiger partial charge on any atom is 0.272 e. The lowest BCUT2D eigenvalue weighted by atomic mass is 9.91.